The molecule has 1 aromatic carbocycles. The molecule has 2 heterocycles. The molecule has 0 spiro atoms. The fourth-order valence-corrected chi connectivity index (χ4v) is 5.24. The van der Waals surface area contributed by atoms with E-state index in [1.54, 1.807) is 0 Å². The average molecular weight is 544 g/mol. The number of amides is 1. The van der Waals surface area contributed by atoms with Gasteiger partial charge in [0.05, 0.1) is 10.7 Å². The van der Waals surface area contributed by atoms with Crippen LogP contribution in [-0.4, -0.2) is 72.6 Å². The van der Waals surface area contributed by atoms with Crippen molar-refractivity contribution in [2.45, 2.75) is 76.5 Å². The number of carbonyl (C=O) groups excluding carboxylic acids is 1. The highest BCUT2D eigenvalue weighted by molar-refractivity contribution is 6.34. The quantitative estimate of drug-likeness (QED) is 0.377. The van der Waals surface area contributed by atoms with Gasteiger partial charge in [-0.2, -0.15) is 26.3 Å². The summed E-state index contributed by atoms with van der Waals surface area (Å²) in [6, 6.07) is 5.94. The van der Waals surface area contributed by atoms with Gasteiger partial charge in [-0.05, 0) is 57.2 Å². The van der Waals surface area contributed by atoms with E-state index in [0.29, 0.717) is 31.0 Å². The molecule has 0 bridgehead atoms. The van der Waals surface area contributed by atoms with E-state index in [9.17, 15) is 31.1 Å². The minimum Gasteiger partial charge on any atom is -0.426 e. The summed E-state index contributed by atoms with van der Waals surface area (Å²) in [6.45, 7) is 7.01. The van der Waals surface area contributed by atoms with Gasteiger partial charge in [-0.3, -0.25) is 4.90 Å². The summed E-state index contributed by atoms with van der Waals surface area (Å²) < 4.78 is 80.5. The molecule has 0 saturated carbocycles. The van der Waals surface area contributed by atoms with Crippen LogP contribution in [0.5, 0.6) is 0 Å². The summed E-state index contributed by atoms with van der Waals surface area (Å²) >= 11 is 6.79. The number of anilines is 1. The molecule has 0 unspecified atom stereocenters. The lowest BCUT2D eigenvalue weighted by Crippen LogP contribution is -2.55. The molecule has 12 heteroatoms. The molecule has 204 valence electrons. The Labute approximate surface area is 212 Å². The summed E-state index contributed by atoms with van der Waals surface area (Å²) in [4.78, 5) is 17.5. The molecular formula is C24H32ClF6N3O2. The first-order valence-electron chi connectivity index (χ1n) is 12.1. The monoisotopic (exact) mass is 543 g/mol. The van der Waals surface area contributed by atoms with Gasteiger partial charge in [0.1, 0.15) is 0 Å². The van der Waals surface area contributed by atoms with Crippen molar-refractivity contribution in [1.29, 1.82) is 0 Å². The van der Waals surface area contributed by atoms with E-state index < -0.39 is 30.1 Å². The zero-order chi connectivity index (χ0) is 26.7. The van der Waals surface area contributed by atoms with Crippen LogP contribution in [-0.2, 0) is 11.3 Å². The Morgan fingerprint density at radius 1 is 1.06 bits per heavy atom. The molecule has 1 aromatic rings. The van der Waals surface area contributed by atoms with E-state index in [1.165, 1.54) is 6.42 Å². The van der Waals surface area contributed by atoms with Crippen molar-refractivity contribution in [1.82, 2.24) is 9.80 Å². The number of carbonyl (C=O) groups is 1. The minimum absolute atomic E-state index is 0.0180. The second kappa shape index (κ2) is 11.2. The Morgan fingerprint density at radius 3 is 2.17 bits per heavy atom. The van der Waals surface area contributed by atoms with Crippen molar-refractivity contribution in [3.05, 3.63) is 28.8 Å². The molecule has 3 rings (SSSR count). The smallest absolute Gasteiger partial charge is 0.426 e. The van der Waals surface area contributed by atoms with Crippen LogP contribution in [0.4, 0.5) is 36.8 Å². The third kappa shape index (κ3) is 6.70. The zero-order valence-corrected chi connectivity index (χ0v) is 21.1. The molecule has 0 radical (unpaired) electrons. The van der Waals surface area contributed by atoms with Crippen LogP contribution in [0.25, 0.3) is 0 Å². The molecule has 36 heavy (non-hydrogen) atoms. The molecule has 2 saturated heterocycles. The fourth-order valence-electron chi connectivity index (χ4n) is 4.94. The number of halogens is 7. The van der Waals surface area contributed by atoms with Crippen LogP contribution < -0.4 is 4.90 Å². The highest BCUT2D eigenvalue weighted by Gasteiger charge is 2.60. The van der Waals surface area contributed by atoms with Crippen molar-refractivity contribution in [2.75, 3.05) is 37.6 Å². The van der Waals surface area contributed by atoms with Gasteiger partial charge in [-0.25, -0.2) is 4.79 Å². The molecular weight excluding hydrogens is 512 g/mol. The van der Waals surface area contributed by atoms with E-state index in [4.69, 9.17) is 11.6 Å². The summed E-state index contributed by atoms with van der Waals surface area (Å²) in [5, 5.41) is 0.688. The molecule has 5 nitrogen and oxygen atoms in total. The maximum absolute atomic E-state index is 12.8. The summed E-state index contributed by atoms with van der Waals surface area (Å²) in [5.41, 5.74) is 1.52. The lowest BCUT2D eigenvalue weighted by molar-refractivity contribution is -0.308. The molecule has 0 aliphatic carbocycles. The Bertz CT molecular complexity index is 883. The number of hydrogen-bond donors (Lipinski definition) is 0. The maximum Gasteiger partial charge on any atom is 0.434 e. The standard InChI is InChI=1S/C24H32ClF6N3O2/c1-3-34(16-17-8-7-9-18(19(17)25)32-12-5-4-6-13-32)22(2)10-14-33(15-11-22)21(35)36-20(23(26,27)28)24(29,30)31/h7-9,20H,3-6,10-16H2,1-2H3. The number of alkyl halides is 6. The second-order valence-electron chi connectivity index (χ2n) is 9.64. The summed E-state index contributed by atoms with van der Waals surface area (Å²) in [5.74, 6) is 0. The van der Waals surface area contributed by atoms with Gasteiger partial charge in [0.2, 0.25) is 0 Å². The first-order chi connectivity index (χ1) is 16.8. The van der Waals surface area contributed by atoms with Gasteiger partial charge in [0.15, 0.2) is 0 Å². The van der Waals surface area contributed by atoms with Crippen LogP contribution in [0.2, 0.25) is 5.02 Å². The van der Waals surface area contributed by atoms with Gasteiger partial charge in [0, 0.05) is 38.3 Å². The van der Waals surface area contributed by atoms with E-state index in [0.717, 1.165) is 42.1 Å². The normalized spacial score (nSPS) is 19.2. The Balaban J connectivity index is 1.66. The third-order valence-electron chi connectivity index (χ3n) is 7.17. The van der Waals surface area contributed by atoms with E-state index in [-0.39, 0.29) is 13.1 Å². The number of nitrogens with zero attached hydrogens (tertiary/aromatic N) is 3. The second-order valence-corrected chi connectivity index (χ2v) is 10.0. The maximum atomic E-state index is 12.8. The molecule has 2 aliphatic rings. The topological polar surface area (TPSA) is 36.0 Å². The zero-order valence-electron chi connectivity index (χ0n) is 20.4. The molecule has 0 atom stereocenters. The lowest BCUT2D eigenvalue weighted by Gasteiger charge is -2.46. The van der Waals surface area contributed by atoms with Gasteiger partial charge in [-0.1, -0.05) is 30.7 Å². The van der Waals surface area contributed by atoms with Crippen molar-refractivity contribution in [3.63, 3.8) is 0 Å². The highest BCUT2D eigenvalue weighted by Crippen LogP contribution is 2.38. The number of ether oxygens (including phenoxy) is 1. The van der Waals surface area contributed by atoms with Crippen LogP contribution in [0, 0.1) is 0 Å². The molecule has 2 fully saturated rings. The van der Waals surface area contributed by atoms with Crippen molar-refractivity contribution in [2.24, 2.45) is 0 Å². The molecule has 0 aromatic heterocycles. The Kier molecular flexibility index (Phi) is 8.96. The number of benzene rings is 1. The molecule has 0 N–H and O–H groups in total. The first-order valence-corrected chi connectivity index (χ1v) is 12.5. The van der Waals surface area contributed by atoms with Crippen LogP contribution in [0.3, 0.4) is 0 Å². The third-order valence-corrected chi connectivity index (χ3v) is 7.61. The summed E-state index contributed by atoms with van der Waals surface area (Å²) in [6.07, 6.45) is -13.1. The molecule has 1 amide bonds. The van der Waals surface area contributed by atoms with Crippen LogP contribution in [0.15, 0.2) is 18.2 Å². The lowest BCUT2D eigenvalue weighted by atomic mass is 9.87. The van der Waals surface area contributed by atoms with Gasteiger partial charge < -0.3 is 14.5 Å². The Hall–Kier alpha value is -1.88. The fraction of sp³-hybridized carbons (Fsp3) is 0.708. The highest BCUT2D eigenvalue weighted by atomic mass is 35.5. The number of rotatable bonds is 6. The average Bonchev–Trinajstić information content (AvgIpc) is 2.81. The number of piperidine rings is 2. The van der Waals surface area contributed by atoms with Gasteiger partial charge in [0.25, 0.3) is 6.10 Å². The van der Waals surface area contributed by atoms with Crippen LogP contribution in [0.1, 0.15) is 51.5 Å². The number of likely N-dealkylation sites (tertiary alicyclic amines) is 1. The predicted octanol–water partition coefficient (Wildman–Crippen LogP) is 6.64. The van der Waals surface area contributed by atoms with Gasteiger partial charge in [-0.15, -0.1) is 0 Å². The number of hydrogen-bond acceptors (Lipinski definition) is 4. The van der Waals surface area contributed by atoms with Gasteiger partial charge >= 0.3 is 18.4 Å². The van der Waals surface area contributed by atoms with Crippen LogP contribution >= 0.6 is 11.6 Å². The Morgan fingerprint density at radius 2 is 1.64 bits per heavy atom. The van der Waals surface area contributed by atoms with Crippen molar-refractivity contribution >= 4 is 23.4 Å². The first kappa shape index (κ1) is 28.7. The van der Waals surface area contributed by atoms with E-state index in [2.05, 4.69) is 14.5 Å². The van der Waals surface area contributed by atoms with E-state index >= 15 is 0 Å². The van der Waals surface area contributed by atoms with Crippen molar-refractivity contribution < 1.29 is 35.9 Å². The minimum atomic E-state index is -5.74. The summed E-state index contributed by atoms with van der Waals surface area (Å²) in [7, 11) is 0. The predicted molar refractivity (Wildman–Crippen MR) is 125 cm³/mol. The SMILES string of the molecule is CCN(Cc1cccc(N2CCCCC2)c1Cl)C1(C)CCN(C(=O)OC(C(F)(F)F)C(F)(F)F)CC1. The van der Waals surface area contributed by atoms with Crippen molar-refractivity contribution in [3.8, 4) is 0 Å². The van der Waals surface area contributed by atoms with E-state index in [1.807, 2.05) is 32.0 Å². The largest absolute Gasteiger partial charge is 0.434 e. The molecule has 2 aliphatic heterocycles.